The molecular formula is C13H17N3O. The van der Waals surface area contributed by atoms with Crippen LogP contribution in [0.4, 0.5) is 11.4 Å². The first-order chi connectivity index (χ1) is 8.29. The monoisotopic (exact) mass is 231 g/mol. The van der Waals surface area contributed by atoms with Crippen LogP contribution in [0.25, 0.3) is 0 Å². The summed E-state index contributed by atoms with van der Waals surface area (Å²) in [7, 11) is 1.81. The van der Waals surface area contributed by atoms with Gasteiger partial charge in [0.25, 0.3) is 0 Å². The second-order valence-electron chi connectivity index (χ2n) is 4.68. The lowest BCUT2D eigenvalue weighted by Gasteiger charge is -2.18. The Kier molecular flexibility index (Phi) is 2.52. The molecule has 0 spiro atoms. The van der Waals surface area contributed by atoms with E-state index in [0.29, 0.717) is 0 Å². The van der Waals surface area contributed by atoms with Crippen LogP contribution in [0.15, 0.2) is 18.2 Å². The van der Waals surface area contributed by atoms with Crippen molar-refractivity contribution < 1.29 is 4.79 Å². The Morgan fingerprint density at radius 3 is 2.82 bits per heavy atom. The maximum atomic E-state index is 11.7. The summed E-state index contributed by atoms with van der Waals surface area (Å²) in [4.78, 5) is 14.1. The van der Waals surface area contributed by atoms with Crippen molar-refractivity contribution in [2.45, 2.75) is 18.9 Å². The molecule has 2 aliphatic heterocycles. The van der Waals surface area contributed by atoms with Crippen molar-refractivity contribution in [1.29, 1.82) is 0 Å². The number of hydrogen-bond acceptors (Lipinski definition) is 3. The number of hydrogen-bond donors (Lipinski definition) is 2. The fourth-order valence-corrected chi connectivity index (χ4v) is 2.71. The number of nitrogens with one attached hydrogen (secondary N) is 2. The average molecular weight is 231 g/mol. The van der Waals surface area contributed by atoms with Crippen molar-refractivity contribution in [3.63, 3.8) is 0 Å². The van der Waals surface area contributed by atoms with E-state index in [1.54, 1.807) is 0 Å². The first-order valence-electron chi connectivity index (χ1n) is 6.16. The molecule has 1 saturated heterocycles. The zero-order valence-corrected chi connectivity index (χ0v) is 9.99. The maximum absolute atomic E-state index is 11.7. The van der Waals surface area contributed by atoms with Gasteiger partial charge in [0, 0.05) is 30.0 Å². The summed E-state index contributed by atoms with van der Waals surface area (Å²) >= 11 is 0. The molecule has 0 radical (unpaired) electrons. The number of anilines is 2. The van der Waals surface area contributed by atoms with Gasteiger partial charge >= 0.3 is 0 Å². The number of amides is 1. The number of carbonyl (C=O) groups is 1. The van der Waals surface area contributed by atoms with Crippen molar-refractivity contribution in [1.82, 2.24) is 5.32 Å². The van der Waals surface area contributed by atoms with Crippen LogP contribution in [0.5, 0.6) is 0 Å². The Hall–Kier alpha value is -1.55. The van der Waals surface area contributed by atoms with Gasteiger partial charge in [-0.25, -0.2) is 0 Å². The third-order valence-corrected chi connectivity index (χ3v) is 3.63. The predicted molar refractivity (Wildman–Crippen MR) is 68.3 cm³/mol. The van der Waals surface area contributed by atoms with Crippen LogP contribution in [-0.4, -0.2) is 26.0 Å². The first kappa shape index (κ1) is 10.6. The molecule has 1 amide bonds. The minimum atomic E-state index is -0.197. The molecule has 1 fully saturated rings. The topological polar surface area (TPSA) is 44.4 Å². The van der Waals surface area contributed by atoms with E-state index in [-0.39, 0.29) is 11.9 Å². The Bertz CT molecular complexity index is 452. The van der Waals surface area contributed by atoms with E-state index in [9.17, 15) is 4.79 Å². The molecule has 1 aromatic rings. The van der Waals surface area contributed by atoms with Gasteiger partial charge in [0.1, 0.15) is 6.04 Å². The van der Waals surface area contributed by atoms with Crippen LogP contribution in [0.2, 0.25) is 0 Å². The van der Waals surface area contributed by atoms with Crippen molar-refractivity contribution >= 4 is 17.3 Å². The van der Waals surface area contributed by atoms with Crippen molar-refractivity contribution in [2.75, 3.05) is 30.4 Å². The normalized spacial score (nSPS) is 22.8. The molecule has 0 bridgehead atoms. The second kappa shape index (κ2) is 4.04. The summed E-state index contributed by atoms with van der Waals surface area (Å²) in [5.41, 5.74) is 3.23. The van der Waals surface area contributed by atoms with E-state index >= 15 is 0 Å². The quantitative estimate of drug-likeness (QED) is 0.810. The van der Waals surface area contributed by atoms with Crippen LogP contribution in [0.1, 0.15) is 24.4 Å². The highest BCUT2D eigenvalue weighted by atomic mass is 16.2. The molecule has 4 nitrogen and oxygen atoms in total. The molecule has 2 aliphatic rings. The van der Waals surface area contributed by atoms with Crippen molar-refractivity contribution in [3.8, 4) is 0 Å². The Balaban J connectivity index is 1.93. The number of carbonyl (C=O) groups excluding carboxylic acids is 1. The molecule has 1 aromatic carbocycles. The zero-order chi connectivity index (χ0) is 11.8. The van der Waals surface area contributed by atoms with E-state index in [4.69, 9.17) is 0 Å². The van der Waals surface area contributed by atoms with Gasteiger partial charge in [-0.15, -0.1) is 0 Å². The average Bonchev–Trinajstić information content (AvgIpc) is 2.93. The molecule has 4 heteroatoms. The summed E-state index contributed by atoms with van der Waals surface area (Å²) in [5.74, 6) is 0.0427. The van der Waals surface area contributed by atoms with Crippen LogP contribution < -0.4 is 15.5 Å². The highest BCUT2D eigenvalue weighted by Gasteiger charge is 2.29. The van der Waals surface area contributed by atoms with Crippen LogP contribution >= 0.6 is 0 Å². The SMILES string of the molecule is CNC1C(=O)Nc2cc(N3CCCC3)ccc21. The largest absolute Gasteiger partial charge is 0.371 e. The molecular weight excluding hydrogens is 214 g/mol. The van der Waals surface area contributed by atoms with Crippen molar-refractivity contribution in [3.05, 3.63) is 23.8 Å². The minimum absolute atomic E-state index is 0.0427. The number of likely N-dealkylation sites (N-methyl/N-ethyl adjacent to an activating group) is 1. The van der Waals surface area contributed by atoms with E-state index in [0.717, 1.165) is 24.3 Å². The third-order valence-electron chi connectivity index (χ3n) is 3.63. The molecule has 0 saturated carbocycles. The Morgan fingerprint density at radius 1 is 1.35 bits per heavy atom. The third kappa shape index (κ3) is 1.69. The van der Waals surface area contributed by atoms with Gasteiger partial charge in [0.15, 0.2) is 0 Å². The summed E-state index contributed by atoms with van der Waals surface area (Å²) < 4.78 is 0. The zero-order valence-electron chi connectivity index (χ0n) is 9.99. The molecule has 90 valence electrons. The standard InChI is InChI=1S/C13H17N3O/c1-14-12-10-5-4-9(16-6-2-3-7-16)8-11(10)15-13(12)17/h4-5,8,12,14H,2-3,6-7H2,1H3,(H,15,17). The lowest BCUT2D eigenvalue weighted by molar-refractivity contribution is -0.117. The van der Waals surface area contributed by atoms with Crippen molar-refractivity contribution in [2.24, 2.45) is 0 Å². The lowest BCUT2D eigenvalue weighted by atomic mass is 10.1. The van der Waals surface area contributed by atoms with Gasteiger partial charge in [0.2, 0.25) is 5.91 Å². The van der Waals surface area contributed by atoms with Gasteiger partial charge < -0.3 is 15.5 Å². The smallest absolute Gasteiger partial charge is 0.246 e. The highest BCUT2D eigenvalue weighted by Crippen LogP contribution is 2.34. The Labute approximate surface area is 101 Å². The summed E-state index contributed by atoms with van der Waals surface area (Å²) in [6.45, 7) is 2.25. The number of benzene rings is 1. The van der Waals surface area contributed by atoms with E-state index in [1.807, 2.05) is 7.05 Å². The summed E-state index contributed by atoms with van der Waals surface area (Å²) in [5, 5.41) is 5.97. The van der Waals surface area contributed by atoms with E-state index in [1.165, 1.54) is 18.5 Å². The number of rotatable bonds is 2. The van der Waals surface area contributed by atoms with E-state index < -0.39 is 0 Å². The summed E-state index contributed by atoms with van der Waals surface area (Å²) in [6.07, 6.45) is 2.53. The molecule has 2 N–H and O–H groups in total. The molecule has 17 heavy (non-hydrogen) atoms. The van der Waals surface area contributed by atoms with Crippen LogP contribution in [-0.2, 0) is 4.79 Å². The van der Waals surface area contributed by atoms with Gasteiger partial charge in [-0.1, -0.05) is 6.07 Å². The number of nitrogens with zero attached hydrogens (tertiary/aromatic N) is 1. The van der Waals surface area contributed by atoms with E-state index in [2.05, 4.69) is 33.7 Å². The first-order valence-corrected chi connectivity index (χ1v) is 6.16. The van der Waals surface area contributed by atoms with Crippen LogP contribution in [0, 0.1) is 0 Å². The second-order valence-corrected chi connectivity index (χ2v) is 4.68. The molecule has 0 aliphatic carbocycles. The van der Waals surface area contributed by atoms with Gasteiger partial charge in [0.05, 0.1) is 0 Å². The lowest BCUT2D eigenvalue weighted by Crippen LogP contribution is -2.23. The predicted octanol–water partition coefficient (Wildman–Crippen LogP) is 1.50. The Morgan fingerprint density at radius 2 is 2.12 bits per heavy atom. The van der Waals surface area contributed by atoms with Crippen LogP contribution in [0.3, 0.4) is 0 Å². The van der Waals surface area contributed by atoms with Gasteiger partial charge in [-0.2, -0.15) is 0 Å². The molecule has 2 heterocycles. The fourth-order valence-electron chi connectivity index (χ4n) is 2.71. The molecule has 1 unspecified atom stereocenters. The molecule has 0 aromatic heterocycles. The number of fused-ring (bicyclic) bond motifs is 1. The molecule has 1 atom stereocenters. The van der Waals surface area contributed by atoms with Gasteiger partial charge in [-0.3, -0.25) is 4.79 Å². The van der Waals surface area contributed by atoms with Gasteiger partial charge in [-0.05, 0) is 32.0 Å². The minimum Gasteiger partial charge on any atom is -0.371 e. The fraction of sp³-hybridized carbons (Fsp3) is 0.462. The highest BCUT2D eigenvalue weighted by molar-refractivity contribution is 6.03. The summed E-state index contributed by atoms with van der Waals surface area (Å²) in [6, 6.07) is 6.07. The maximum Gasteiger partial charge on any atom is 0.246 e. The molecule has 3 rings (SSSR count).